The van der Waals surface area contributed by atoms with Crippen molar-refractivity contribution < 1.29 is 9.53 Å². The van der Waals surface area contributed by atoms with Gasteiger partial charge < -0.3 is 9.64 Å². The molecule has 5 heteroatoms. The van der Waals surface area contributed by atoms with E-state index in [4.69, 9.17) is 11.2 Å². The molecule has 2 saturated heterocycles. The zero-order valence-electron chi connectivity index (χ0n) is 14.4. The summed E-state index contributed by atoms with van der Waals surface area (Å²) in [6, 6.07) is 0.463. The van der Waals surface area contributed by atoms with Crippen LogP contribution in [0.1, 0.15) is 57.8 Å². The number of rotatable bonds is 5. The lowest BCUT2D eigenvalue weighted by atomic mass is 9.71. The Bertz CT molecular complexity index is 568. The first-order valence-corrected chi connectivity index (χ1v) is 9.43. The van der Waals surface area contributed by atoms with Gasteiger partial charge in [-0.05, 0) is 37.0 Å². The number of fused-ring (bicyclic) bond motifs is 2. The summed E-state index contributed by atoms with van der Waals surface area (Å²) in [5.74, 6) is 3.64. The van der Waals surface area contributed by atoms with E-state index in [1.54, 1.807) is 0 Å². The number of amides is 1. The van der Waals surface area contributed by atoms with Crippen LogP contribution in [0.4, 0.5) is 0 Å². The average Bonchev–Trinajstić information content (AvgIpc) is 3.08. The van der Waals surface area contributed by atoms with Crippen molar-refractivity contribution in [2.24, 2.45) is 21.6 Å². The minimum absolute atomic E-state index is 0.299. The van der Waals surface area contributed by atoms with Gasteiger partial charge in [0.1, 0.15) is 0 Å². The third-order valence-corrected chi connectivity index (χ3v) is 6.75. The fourth-order valence-electron chi connectivity index (χ4n) is 5.30. The lowest BCUT2D eigenvalue weighted by Gasteiger charge is -2.37. The van der Waals surface area contributed by atoms with E-state index in [0.29, 0.717) is 36.1 Å². The number of ether oxygens (including phenoxy) is 1. The molecule has 3 fully saturated rings. The molecule has 4 rings (SSSR count). The SMILES string of the molecule is C#CCCC1(CCC(=O)N2CC3(CCOCC3)[C@@H]3CCC[C@@H]32)N=N1. The Morgan fingerprint density at radius 1 is 1.25 bits per heavy atom. The van der Waals surface area contributed by atoms with E-state index in [0.717, 1.165) is 45.4 Å². The largest absolute Gasteiger partial charge is 0.381 e. The monoisotopic (exact) mass is 329 g/mol. The molecule has 1 spiro atoms. The second-order valence-electron chi connectivity index (χ2n) is 7.99. The van der Waals surface area contributed by atoms with E-state index < -0.39 is 0 Å². The average molecular weight is 329 g/mol. The summed E-state index contributed by atoms with van der Waals surface area (Å²) in [7, 11) is 0. The van der Waals surface area contributed by atoms with Crippen LogP contribution in [0, 0.1) is 23.7 Å². The molecule has 0 radical (unpaired) electrons. The number of nitrogens with zero attached hydrogens (tertiary/aromatic N) is 3. The van der Waals surface area contributed by atoms with E-state index in [9.17, 15) is 4.79 Å². The highest BCUT2D eigenvalue weighted by Crippen LogP contribution is 2.54. The van der Waals surface area contributed by atoms with Crippen molar-refractivity contribution in [2.75, 3.05) is 19.8 Å². The lowest BCUT2D eigenvalue weighted by Crippen LogP contribution is -2.38. The molecule has 1 aliphatic carbocycles. The Morgan fingerprint density at radius 3 is 2.75 bits per heavy atom. The highest BCUT2D eigenvalue weighted by atomic mass is 16.5. The van der Waals surface area contributed by atoms with Crippen molar-refractivity contribution in [2.45, 2.75) is 69.5 Å². The van der Waals surface area contributed by atoms with Crippen molar-refractivity contribution in [3.8, 4) is 12.3 Å². The van der Waals surface area contributed by atoms with E-state index in [-0.39, 0.29) is 5.66 Å². The summed E-state index contributed by atoms with van der Waals surface area (Å²) in [5.41, 5.74) is -0.0161. The summed E-state index contributed by atoms with van der Waals surface area (Å²) in [6.07, 6.45) is 14.0. The minimum atomic E-state index is -0.340. The molecule has 0 N–H and O–H groups in total. The number of likely N-dealkylation sites (tertiary alicyclic amines) is 1. The second-order valence-corrected chi connectivity index (χ2v) is 7.99. The second kappa shape index (κ2) is 6.15. The number of carbonyl (C=O) groups is 1. The number of hydrogen-bond donors (Lipinski definition) is 0. The Hall–Kier alpha value is -1.41. The smallest absolute Gasteiger partial charge is 0.223 e. The Kier molecular flexibility index (Phi) is 4.12. The van der Waals surface area contributed by atoms with Crippen molar-refractivity contribution >= 4 is 5.91 Å². The van der Waals surface area contributed by atoms with Crippen LogP contribution in [-0.2, 0) is 9.53 Å². The van der Waals surface area contributed by atoms with Crippen molar-refractivity contribution in [1.82, 2.24) is 4.90 Å². The van der Waals surface area contributed by atoms with Gasteiger partial charge in [-0.25, -0.2) is 0 Å². The van der Waals surface area contributed by atoms with E-state index in [1.807, 2.05) is 0 Å². The van der Waals surface area contributed by atoms with Crippen molar-refractivity contribution in [3.63, 3.8) is 0 Å². The fourth-order valence-corrected chi connectivity index (χ4v) is 5.30. The molecule has 3 aliphatic heterocycles. The minimum Gasteiger partial charge on any atom is -0.381 e. The summed E-state index contributed by atoms with van der Waals surface area (Å²) in [5, 5.41) is 8.32. The fraction of sp³-hybridized carbons (Fsp3) is 0.842. The zero-order chi connectivity index (χ0) is 16.6. The highest BCUT2D eigenvalue weighted by Gasteiger charge is 2.55. The topological polar surface area (TPSA) is 54.3 Å². The van der Waals surface area contributed by atoms with Crippen LogP contribution in [0.3, 0.4) is 0 Å². The first-order chi connectivity index (χ1) is 11.7. The molecular formula is C19H27N3O2. The normalized spacial score (nSPS) is 31.9. The van der Waals surface area contributed by atoms with Crippen molar-refractivity contribution in [1.29, 1.82) is 0 Å². The predicted octanol–water partition coefficient (Wildman–Crippen LogP) is 3.15. The first-order valence-electron chi connectivity index (χ1n) is 9.43. The maximum atomic E-state index is 12.9. The van der Waals surface area contributed by atoms with Crippen LogP contribution >= 0.6 is 0 Å². The molecule has 130 valence electrons. The van der Waals surface area contributed by atoms with Gasteiger partial charge in [-0.2, -0.15) is 10.2 Å². The van der Waals surface area contributed by atoms with Crippen LogP contribution in [-0.4, -0.2) is 42.3 Å². The van der Waals surface area contributed by atoms with Crippen LogP contribution in [0.15, 0.2) is 10.2 Å². The third-order valence-electron chi connectivity index (χ3n) is 6.75. The summed E-state index contributed by atoms with van der Waals surface area (Å²) in [6.45, 7) is 2.66. The first kappa shape index (κ1) is 16.1. The molecule has 0 aromatic carbocycles. The van der Waals surface area contributed by atoms with Gasteiger partial charge in [0.2, 0.25) is 5.91 Å². The van der Waals surface area contributed by atoms with E-state index >= 15 is 0 Å². The molecular weight excluding hydrogens is 302 g/mol. The lowest BCUT2D eigenvalue weighted by molar-refractivity contribution is -0.133. The molecule has 0 bridgehead atoms. The van der Waals surface area contributed by atoms with Gasteiger partial charge in [0.25, 0.3) is 0 Å². The van der Waals surface area contributed by atoms with Crippen molar-refractivity contribution in [3.05, 3.63) is 0 Å². The molecule has 1 saturated carbocycles. The molecule has 0 unspecified atom stereocenters. The summed E-state index contributed by atoms with van der Waals surface area (Å²) >= 11 is 0. The van der Waals surface area contributed by atoms with Gasteiger partial charge in [-0.1, -0.05) is 6.42 Å². The molecule has 0 aromatic heterocycles. The van der Waals surface area contributed by atoms with E-state index in [2.05, 4.69) is 21.0 Å². The van der Waals surface area contributed by atoms with Crippen LogP contribution in [0.5, 0.6) is 0 Å². The third kappa shape index (κ3) is 2.75. The maximum Gasteiger partial charge on any atom is 0.223 e. The molecule has 5 nitrogen and oxygen atoms in total. The Balaban J connectivity index is 1.39. The Morgan fingerprint density at radius 2 is 2.04 bits per heavy atom. The van der Waals surface area contributed by atoms with Gasteiger partial charge >= 0.3 is 0 Å². The van der Waals surface area contributed by atoms with Gasteiger partial charge in [-0.15, -0.1) is 12.3 Å². The number of hydrogen-bond acceptors (Lipinski definition) is 4. The predicted molar refractivity (Wildman–Crippen MR) is 90.2 cm³/mol. The van der Waals surface area contributed by atoms with Gasteiger partial charge in [0.15, 0.2) is 5.66 Å². The molecule has 3 heterocycles. The van der Waals surface area contributed by atoms with Crippen LogP contribution in [0.25, 0.3) is 0 Å². The Labute approximate surface area is 144 Å². The van der Waals surface area contributed by atoms with Crippen LogP contribution < -0.4 is 0 Å². The van der Waals surface area contributed by atoms with Crippen LogP contribution in [0.2, 0.25) is 0 Å². The molecule has 4 aliphatic rings. The zero-order valence-corrected chi connectivity index (χ0v) is 14.4. The van der Waals surface area contributed by atoms with Gasteiger partial charge in [-0.3, -0.25) is 4.79 Å². The molecule has 24 heavy (non-hydrogen) atoms. The maximum absolute atomic E-state index is 12.9. The highest BCUT2D eigenvalue weighted by molar-refractivity contribution is 5.77. The molecule has 2 atom stereocenters. The quantitative estimate of drug-likeness (QED) is 0.728. The number of terminal acetylenes is 1. The molecule has 0 aromatic rings. The molecule has 1 amide bonds. The van der Waals surface area contributed by atoms with Gasteiger partial charge in [0, 0.05) is 51.5 Å². The summed E-state index contributed by atoms with van der Waals surface area (Å²) in [4.78, 5) is 15.1. The van der Waals surface area contributed by atoms with Gasteiger partial charge in [0.05, 0.1) is 0 Å². The summed E-state index contributed by atoms with van der Waals surface area (Å²) < 4.78 is 5.59. The van der Waals surface area contributed by atoms with E-state index in [1.165, 1.54) is 19.3 Å². The number of carbonyl (C=O) groups excluding carboxylic acids is 1. The standard InChI is InChI=1S/C19H27N3O2/c1-2-3-8-19(20-21-19)9-7-17(23)22-14-18(10-12-24-13-11-18)15-5-4-6-16(15)22/h1,15-16H,3-14H2/t15-,16+/m1/s1.